The molecule has 8 heteroatoms. The van der Waals surface area contributed by atoms with E-state index in [2.05, 4.69) is 0 Å². The van der Waals surface area contributed by atoms with E-state index in [4.69, 9.17) is 4.74 Å². The second-order valence-electron chi connectivity index (χ2n) is 10.1. The first-order chi connectivity index (χ1) is 12.7. The van der Waals surface area contributed by atoms with Gasteiger partial charge in [0.05, 0.1) is 37.1 Å². The van der Waals surface area contributed by atoms with Crippen LogP contribution in [0, 0.1) is 16.7 Å². The number of ether oxygens (including phenoxy) is 1. The van der Waals surface area contributed by atoms with Gasteiger partial charge in [-0.2, -0.15) is 0 Å². The molecule has 160 valence electrons. The summed E-state index contributed by atoms with van der Waals surface area (Å²) >= 11 is 0. The Balaban J connectivity index is 2.00. The number of rotatable bonds is 0. The maximum Gasteiger partial charge on any atom is 0.120 e. The molecule has 10 atom stereocenters. The van der Waals surface area contributed by atoms with Crippen molar-refractivity contribution in [2.75, 3.05) is 6.61 Å². The van der Waals surface area contributed by atoms with Gasteiger partial charge in [0.1, 0.15) is 17.3 Å². The third-order valence-corrected chi connectivity index (χ3v) is 8.66. The van der Waals surface area contributed by atoms with Crippen LogP contribution in [0.15, 0.2) is 11.1 Å². The molecule has 0 aromatic carbocycles. The van der Waals surface area contributed by atoms with Crippen molar-refractivity contribution >= 4 is 0 Å². The summed E-state index contributed by atoms with van der Waals surface area (Å²) in [6.07, 6.45) is -7.80. The van der Waals surface area contributed by atoms with Crippen LogP contribution >= 0.6 is 0 Å². The smallest absolute Gasteiger partial charge is 0.120 e. The van der Waals surface area contributed by atoms with E-state index >= 15 is 0 Å². The molecule has 4 rings (SSSR count). The largest absolute Gasteiger partial charge is 0.392 e. The fourth-order valence-electron chi connectivity index (χ4n) is 6.61. The topological polar surface area (TPSA) is 151 Å². The molecule has 4 aliphatic rings. The summed E-state index contributed by atoms with van der Waals surface area (Å²) in [6.45, 7) is 6.35. The highest BCUT2D eigenvalue weighted by Crippen LogP contribution is 2.63. The third-order valence-electron chi connectivity index (χ3n) is 8.66. The normalized spacial score (nSPS) is 58.2. The lowest BCUT2D eigenvalue weighted by molar-refractivity contribution is -0.364. The lowest BCUT2D eigenvalue weighted by Crippen LogP contribution is -2.81. The summed E-state index contributed by atoms with van der Waals surface area (Å²) in [7, 11) is 0. The van der Waals surface area contributed by atoms with E-state index in [1.54, 1.807) is 20.8 Å². The van der Waals surface area contributed by atoms with Crippen LogP contribution in [0.4, 0.5) is 0 Å². The molecule has 0 spiro atoms. The van der Waals surface area contributed by atoms with Gasteiger partial charge in [-0.05, 0) is 18.1 Å². The molecule has 0 amide bonds. The van der Waals surface area contributed by atoms with Crippen LogP contribution < -0.4 is 0 Å². The molecule has 2 saturated carbocycles. The maximum atomic E-state index is 11.7. The van der Waals surface area contributed by atoms with Crippen LogP contribution in [0.25, 0.3) is 0 Å². The highest BCUT2D eigenvalue weighted by molar-refractivity contribution is 5.39. The summed E-state index contributed by atoms with van der Waals surface area (Å²) < 4.78 is 5.41. The molecular formula is C20H32O8. The second-order valence-corrected chi connectivity index (χ2v) is 10.1. The fraction of sp³-hybridized carbons (Fsp3) is 0.900. The van der Waals surface area contributed by atoms with Gasteiger partial charge in [0, 0.05) is 29.6 Å². The molecule has 3 fully saturated rings. The van der Waals surface area contributed by atoms with Crippen LogP contribution in [0.1, 0.15) is 40.5 Å². The molecule has 0 aromatic rings. The van der Waals surface area contributed by atoms with Crippen LogP contribution in [-0.2, 0) is 4.74 Å². The van der Waals surface area contributed by atoms with Crippen LogP contribution in [0.2, 0.25) is 0 Å². The van der Waals surface area contributed by atoms with Gasteiger partial charge < -0.3 is 40.5 Å². The Morgan fingerprint density at radius 3 is 2.11 bits per heavy atom. The van der Waals surface area contributed by atoms with Crippen molar-refractivity contribution < 1.29 is 40.5 Å². The molecule has 28 heavy (non-hydrogen) atoms. The Kier molecular flexibility index (Phi) is 4.26. The Labute approximate surface area is 164 Å². The van der Waals surface area contributed by atoms with Gasteiger partial charge in [-0.1, -0.05) is 20.8 Å². The Morgan fingerprint density at radius 2 is 1.57 bits per heavy atom. The zero-order valence-corrected chi connectivity index (χ0v) is 16.7. The third kappa shape index (κ3) is 2.08. The van der Waals surface area contributed by atoms with Crippen molar-refractivity contribution in [3.63, 3.8) is 0 Å². The van der Waals surface area contributed by atoms with Crippen molar-refractivity contribution in [3.8, 4) is 0 Å². The first-order valence-electron chi connectivity index (χ1n) is 9.92. The van der Waals surface area contributed by atoms with Crippen LogP contribution in [0.3, 0.4) is 0 Å². The lowest BCUT2D eigenvalue weighted by Gasteiger charge is -2.68. The maximum absolute atomic E-state index is 11.7. The van der Waals surface area contributed by atoms with Crippen molar-refractivity contribution in [2.45, 2.75) is 88.4 Å². The van der Waals surface area contributed by atoms with Gasteiger partial charge in [-0.25, -0.2) is 0 Å². The standard InChI is InChI=1S/C20H32O8/c1-8-9(21)6-20(27)16(25)14-18(4,10(22)5-11-19(14,26)7-28-11)15(24)13(23)12(8)17(20,2)3/h9-11,13-16,21-27H,5-7H2,1-4H3/t9-,10-,11+,13+,14-,15-,16-,18+,19-,20+/m0/s1. The van der Waals surface area contributed by atoms with E-state index in [0.29, 0.717) is 5.57 Å². The number of aliphatic hydroxyl groups excluding tert-OH is 5. The first kappa shape index (κ1) is 20.7. The zero-order chi connectivity index (χ0) is 21.0. The van der Waals surface area contributed by atoms with Crippen LogP contribution in [0.5, 0.6) is 0 Å². The quantitative estimate of drug-likeness (QED) is 0.241. The number of hydrogen-bond donors (Lipinski definition) is 7. The monoisotopic (exact) mass is 400 g/mol. The number of fused-ring (bicyclic) bond motifs is 5. The SMILES string of the molecule is CC1=C2[C@@H](O)[C@H](O)[C@@]3(C)[C@H]([C@H](O)[C@](O)(C[C@@H]1O)C2(C)C)[C@]1(O)CO[C@@H]1C[C@@H]3O. The highest BCUT2D eigenvalue weighted by Gasteiger charge is 2.74. The average molecular weight is 400 g/mol. The van der Waals surface area contributed by atoms with E-state index in [1.165, 1.54) is 6.92 Å². The minimum absolute atomic E-state index is 0.0441. The van der Waals surface area contributed by atoms with E-state index in [1.807, 2.05) is 0 Å². The van der Waals surface area contributed by atoms with Gasteiger partial charge in [0.2, 0.25) is 0 Å². The van der Waals surface area contributed by atoms with Gasteiger partial charge in [0.15, 0.2) is 0 Å². The van der Waals surface area contributed by atoms with Gasteiger partial charge in [-0.15, -0.1) is 0 Å². The zero-order valence-electron chi connectivity index (χ0n) is 16.7. The highest BCUT2D eigenvalue weighted by atomic mass is 16.6. The van der Waals surface area contributed by atoms with Gasteiger partial charge in [-0.3, -0.25) is 0 Å². The van der Waals surface area contributed by atoms with Crippen molar-refractivity contribution in [2.24, 2.45) is 16.7 Å². The molecule has 0 radical (unpaired) electrons. The molecule has 0 unspecified atom stereocenters. The number of aliphatic hydroxyl groups is 7. The molecule has 8 nitrogen and oxygen atoms in total. The van der Waals surface area contributed by atoms with E-state index in [9.17, 15) is 35.7 Å². The molecule has 0 aromatic heterocycles. The molecule has 7 N–H and O–H groups in total. The van der Waals surface area contributed by atoms with Gasteiger partial charge in [0.25, 0.3) is 0 Å². The van der Waals surface area contributed by atoms with Crippen molar-refractivity contribution in [1.29, 1.82) is 0 Å². The van der Waals surface area contributed by atoms with Crippen molar-refractivity contribution in [1.82, 2.24) is 0 Å². The van der Waals surface area contributed by atoms with E-state index in [0.717, 1.165) is 0 Å². The minimum Gasteiger partial charge on any atom is -0.392 e. The predicted octanol–water partition coefficient (Wildman–Crippen LogP) is -1.56. The average Bonchev–Trinajstić information content (AvgIpc) is 2.60. The minimum atomic E-state index is -1.90. The van der Waals surface area contributed by atoms with E-state index < -0.39 is 64.6 Å². The summed E-state index contributed by atoms with van der Waals surface area (Å²) in [4.78, 5) is 0. The first-order valence-corrected chi connectivity index (χ1v) is 9.92. The Bertz CT molecular complexity index is 721. The molecule has 1 saturated heterocycles. The molecular weight excluding hydrogens is 368 g/mol. The predicted molar refractivity (Wildman–Crippen MR) is 97.0 cm³/mol. The molecule has 1 aliphatic heterocycles. The fourth-order valence-corrected chi connectivity index (χ4v) is 6.61. The Morgan fingerprint density at radius 1 is 0.964 bits per heavy atom. The summed E-state index contributed by atoms with van der Waals surface area (Å²) in [6, 6.07) is 0. The summed E-state index contributed by atoms with van der Waals surface area (Å²) in [5.41, 5.74) is -5.49. The van der Waals surface area contributed by atoms with Crippen molar-refractivity contribution in [3.05, 3.63) is 11.1 Å². The number of hydrogen-bond acceptors (Lipinski definition) is 8. The summed E-state index contributed by atoms with van der Waals surface area (Å²) in [5.74, 6) is -1.18. The summed E-state index contributed by atoms with van der Waals surface area (Å²) in [5, 5.41) is 78.4. The lowest BCUT2D eigenvalue weighted by atomic mass is 9.44. The second kappa shape index (κ2) is 5.76. The van der Waals surface area contributed by atoms with Crippen LogP contribution in [-0.4, -0.2) is 90.2 Å². The van der Waals surface area contributed by atoms with E-state index in [-0.39, 0.29) is 25.0 Å². The van der Waals surface area contributed by atoms with Gasteiger partial charge >= 0.3 is 0 Å². The molecule has 2 bridgehead atoms. The Hall–Kier alpha value is -0.580. The molecule has 3 aliphatic carbocycles. The molecule has 1 heterocycles.